The van der Waals surface area contributed by atoms with Gasteiger partial charge in [0.05, 0.1) is 5.69 Å². The molecule has 3 nitrogen and oxygen atoms in total. The first-order chi connectivity index (χ1) is 6.24. The van der Waals surface area contributed by atoms with Crippen LogP contribution in [0.25, 0.3) is 0 Å². The highest BCUT2D eigenvalue weighted by molar-refractivity contribution is 6.36. The van der Waals surface area contributed by atoms with Crippen molar-refractivity contribution in [2.45, 2.75) is 13.3 Å². The minimum atomic E-state index is -0.952. The number of carboxylic acids is 1. The molecule has 0 aromatic heterocycles. The van der Waals surface area contributed by atoms with Crippen molar-refractivity contribution in [3.8, 4) is 0 Å². The second-order valence-electron chi connectivity index (χ2n) is 2.55. The Hall–Kier alpha value is -1.64. The van der Waals surface area contributed by atoms with E-state index in [0.29, 0.717) is 12.1 Å². The molecule has 0 fully saturated rings. The summed E-state index contributed by atoms with van der Waals surface area (Å²) in [5.41, 5.74) is 0.868. The van der Waals surface area contributed by atoms with E-state index in [2.05, 4.69) is 4.99 Å². The molecule has 3 heteroatoms. The number of nitrogens with zero attached hydrogens (tertiary/aromatic N) is 1. The van der Waals surface area contributed by atoms with Crippen molar-refractivity contribution in [2.75, 3.05) is 0 Å². The van der Waals surface area contributed by atoms with Gasteiger partial charge in [0.1, 0.15) is 5.71 Å². The van der Waals surface area contributed by atoms with E-state index >= 15 is 0 Å². The van der Waals surface area contributed by atoms with E-state index in [0.717, 1.165) is 0 Å². The molecular weight excluding hydrogens is 166 g/mol. The lowest BCUT2D eigenvalue weighted by Crippen LogP contribution is -2.10. The van der Waals surface area contributed by atoms with Crippen LogP contribution in [0.1, 0.15) is 13.3 Å². The minimum Gasteiger partial charge on any atom is -0.477 e. The van der Waals surface area contributed by atoms with Gasteiger partial charge < -0.3 is 5.11 Å². The summed E-state index contributed by atoms with van der Waals surface area (Å²) in [6, 6.07) is 9.07. The molecule has 0 saturated heterocycles. The van der Waals surface area contributed by atoms with Crippen molar-refractivity contribution < 1.29 is 9.90 Å². The van der Waals surface area contributed by atoms with Gasteiger partial charge >= 0.3 is 5.97 Å². The number of hydrogen-bond acceptors (Lipinski definition) is 2. The van der Waals surface area contributed by atoms with Gasteiger partial charge in [-0.15, -0.1) is 0 Å². The van der Waals surface area contributed by atoms with Gasteiger partial charge in [0.25, 0.3) is 0 Å². The lowest BCUT2D eigenvalue weighted by molar-refractivity contribution is -0.129. The Balaban J connectivity index is 2.92. The van der Waals surface area contributed by atoms with E-state index in [9.17, 15) is 4.79 Å². The third-order valence-electron chi connectivity index (χ3n) is 1.60. The molecule has 0 radical (unpaired) electrons. The summed E-state index contributed by atoms with van der Waals surface area (Å²) in [7, 11) is 0. The fourth-order valence-corrected chi connectivity index (χ4v) is 0.936. The molecule has 0 spiro atoms. The molecule has 1 N–H and O–H groups in total. The Bertz CT molecular complexity index is 317. The second-order valence-corrected chi connectivity index (χ2v) is 2.55. The maximum Gasteiger partial charge on any atom is 0.350 e. The van der Waals surface area contributed by atoms with E-state index in [1.54, 1.807) is 19.1 Å². The van der Waals surface area contributed by atoms with Gasteiger partial charge in [-0.3, -0.25) is 0 Å². The van der Waals surface area contributed by atoms with Crippen LogP contribution in [-0.4, -0.2) is 16.8 Å². The fourth-order valence-electron chi connectivity index (χ4n) is 0.936. The zero-order valence-electron chi connectivity index (χ0n) is 7.40. The van der Waals surface area contributed by atoms with Crippen molar-refractivity contribution in [3.05, 3.63) is 30.3 Å². The molecule has 1 aromatic carbocycles. The highest BCUT2D eigenvalue weighted by Gasteiger charge is 2.05. The number of benzene rings is 1. The summed E-state index contributed by atoms with van der Waals surface area (Å²) in [6.45, 7) is 1.77. The number of aliphatic imine (C=N–C) groups is 1. The quantitative estimate of drug-likeness (QED) is 0.720. The molecule has 13 heavy (non-hydrogen) atoms. The standard InChI is InChI=1S/C10H11NO2/c1-2-9(10(12)13)11-8-6-4-3-5-7-8/h3-7H,2H2,1H3,(H,12,13). The van der Waals surface area contributed by atoms with E-state index in [1.165, 1.54) is 0 Å². The van der Waals surface area contributed by atoms with Crippen LogP contribution in [0.2, 0.25) is 0 Å². The molecule has 68 valence electrons. The average molecular weight is 177 g/mol. The zero-order valence-corrected chi connectivity index (χ0v) is 7.40. The van der Waals surface area contributed by atoms with Gasteiger partial charge in [0.2, 0.25) is 0 Å². The first-order valence-electron chi connectivity index (χ1n) is 4.10. The van der Waals surface area contributed by atoms with Crippen LogP contribution in [0.4, 0.5) is 5.69 Å². The van der Waals surface area contributed by atoms with Gasteiger partial charge in [0, 0.05) is 0 Å². The molecule has 1 aromatic rings. The van der Waals surface area contributed by atoms with E-state index in [4.69, 9.17) is 5.11 Å². The van der Waals surface area contributed by atoms with Crippen molar-refractivity contribution in [1.29, 1.82) is 0 Å². The third-order valence-corrected chi connectivity index (χ3v) is 1.60. The van der Waals surface area contributed by atoms with Crippen LogP contribution in [0.15, 0.2) is 35.3 Å². The predicted octanol–water partition coefficient (Wildman–Crippen LogP) is 2.25. The average Bonchev–Trinajstić information content (AvgIpc) is 2.15. The maximum absolute atomic E-state index is 10.6. The Morgan fingerprint density at radius 1 is 1.38 bits per heavy atom. The molecule has 0 aliphatic carbocycles. The smallest absolute Gasteiger partial charge is 0.350 e. The van der Waals surface area contributed by atoms with Gasteiger partial charge in [-0.1, -0.05) is 25.1 Å². The second kappa shape index (κ2) is 4.40. The van der Waals surface area contributed by atoms with Crippen LogP contribution >= 0.6 is 0 Å². The van der Waals surface area contributed by atoms with Crippen molar-refractivity contribution in [2.24, 2.45) is 4.99 Å². The summed E-state index contributed by atoms with van der Waals surface area (Å²) in [6.07, 6.45) is 0.435. The largest absolute Gasteiger partial charge is 0.477 e. The van der Waals surface area contributed by atoms with Crippen LogP contribution in [0, 0.1) is 0 Å². The molecule has 1 rings (SSSR count). The van der Waals surface area contributed by atoms with Crippen LogP contribution in [0.3, 0.4) is 0 Å². The first kappa shape index (κ1) is 9.45. The Kier molecular flexibility index (Phi) is 3.20. The summed E-state index contributed by atoms with van der Waals surface area (Å²) in [5.74, 6) is -0.952. The number of para-hydroxylation sites is 1. The molecule has 0 aliphatic heterocycles. The van der Waals surface area contributed by atoms with Gasteiger partial charge in [0.15, 0.2) is 0 Å². The number of carbonyl (C=O) groups is 1. The van der Waals surface area contributed by atoms with Gasteiger partial charge in [-0.25, -0.2) is 9.79 Å². The fraction of sp³-hybridized carbons (Fsp3) is 0.200. The Labute approximate surface area is 76.7 Å². The van der Waals surface area contributed by atoms with Gasteiger partial charge in [-0.2, -0.15) is 0 Å². The molecule has 0 bridgehead atoms. The van der Waals surface area contributed by atoms with Crippen molar-refractivity contribution in [3.63, 3.8) is 0 Å². The summed E-state index contributed by atoms with van der Waals surface area (Å²) in [4.78, 5) is 14.6. The molecule has 0 heterocycles. The molecule has 0 atom stereocenters. The third kappa shape index (κ3) is 2.71. The van der Waals surface area contributed by atoms with Crippen LogP contribution in [0.5, 0.6) is 0 Å². The van der Waals surface area contributed by atoms with E-state index in [-0.39, 0.29) is 5.71 Å². The molecule has 0 amide bonds. The highest BCUT2D eigenvalue weighted by atomic mass is 16.4. The first-order valence-corrected chi connectivity index (χ1v) is 4.10. The monoisotopic (exact) mass is 177 g/mol. The zero-order chi connectivity index (χ0) is 9.68. The highest BCUT2D eigenvalue weighted by Crippen LogP contribution is 2.10. The summed E-state index contributed by atoms with van der Waals surface area (Å²) >= 11 is 0. The predicted molar refractivity (Wildman–Crippen MR) is 51.5 cm³/mol. The lowest BCUT2D eigenvalue weighted by atomic mass is 10.3. The Morgan fingerprint density at radius 2 is 2.00 bits per heavy atom. The van der Waals surface area contributed by atoms with Gasteiger partial charge in [-0.05, 0) is 18.6 Å². The number of rotatable bonds is 3. The van der Waals surface area contributed by atoms with Crippen LogP contribution < -0.4 is 0 Å². The maximum atomic E-state index is 10.6. The number of hydrogen-bond donors (Lipinski definition) is 1. The SMILES string of the molecule is CCC(=Nc1ccccc1)C(=O)O. The topological polar surface area (TPSA) is 49.7 Å². The van der Waals surface area contributed by atoms with Crippen molar-refractivity contribution in [1.82, 2.24) is 0 Å². The van der Waals surface area contributed by atoms with E-state index < -0.39 is 5.97 Å². The summed E-state index contributed by atoms with van der Waals surface area (Å²) in [5, 5.41) is 8.70. The van der Waals surface area contributed by atoms with E-state index in [1.807, 2.05) is 18.2 Å². The molecule has 0 unspecified atom stereocenters. The molecule has 0 aliphatic rings. The van der Waals surface area contributed by atoms with Crippen molar-refractivity contribution >= 4 is 17.4 Å². The normalized spacial score (nSPS) is 11.3. The lowest BCUT2D eigenvalue weighted by Gasteiger charge is -1.96. The molecular formula is C10H11NO2. The Morgan fingerprint density at radius 3 is 2.46 bits per heavy atom. The minimum absolute atomic E-state index is 0.186. The molecule has 0 saturated carbocycles. The number of aliphatic carboxylic acids is 1. The van der Waals surface area contributed by atoms with Crippen LogP contribution in [-0.2, 0) is 4.79 Å². The number of carboxylic acid groups (broad SMARTS) is 1. The summed E-state index contributed by atoms with van der Waals surface area (Å²) < 4.78 is 0.